The molecule has 1 heterocycles. The van der Waals surface area contributed by atoms with E-state index in [1.165, 1.54) is 12.4 Å². The van der Waals surface area contributed by atoms with Crippen LogP contribution in [0.4, 0.5) is 0 Å². The van der Waals surface area contributed by atoms with Gasteiger partial charge in [0.2, 0.25) is 0 Å². The third-order valence-electron chi connectivity index (χ3n) is 3.01. The van der Waals surface area contributed by atoms with Crippen molar-refractivity contribution in [1.29, 1.82) is 5.26 Å². The van der Waals surface area contributed by atoms with E-state index < -0.39 is 5.54 Å². The minimum atomic E-state index is -0.829. The first-order valence-corrected chi connectivity index (χ1v) is 6.19. The zero-order chi connectivity index (χ0) is 13.3. The van der Waals surface area contributed by atoms with Gasteiger partial charge in [0.25, 0.3) is 5.91 Å². The second kappa shape index (κ2) is 4.58. The summed E-state index contributed by atoms with van der Waals surface area (Å²) in [5.41, 5.74) is -0.424. The van der Waals surface area contributed by atoms with Crippen LogP contribution in [0, 0.1) is 11.3 Å². The Labute approximate surface area is 111 Å². The molecule has 4 nitrogen and oxygen atoms in total. The maximum Gasteiger partial charge on any atom is 0.257 e. The average Bonchev–Trinajstić information content (AvgIpc) is 3.14. The van der Waals surface area contributed by atoms with Crippen LogP contribution < -0.4 is 0 Å². The van der Waals surface area contributed by atoms with E-state index in [0.717, 1.165) is 12.8 Å². The van der Waals surface area contributed by atoms with Crippen LogP contribution in [-0.2, 0) is 0 Å². The van der Waals surface area contributed by atoms with E-state index in [9.17, 15) is 10.1 Å². The van der Waals surface area contributed by atoms with Gasteiger partial charge in [-0.2, -0.15) is 5.26 Å². The molecule has 1 amide bonds. The number of hydrogen-bond donors (Lipinski definition) is 0. The van der Waals surface area contributed by atoms with Gasteiger partial charge >= 0.3 is 0 Å². The van der Waals surface area contributed by atoms with Crippen molar-refractivity contribution in [3.05, 3.63) is 29.0 Å². The zero-order valence-corrected chi connectivity index (χ0v) is 11.1. The van der Waals surface area contributed by atoms with E-state index in [1.54, 1.807) is 24.8 Å². The van der Waals surface area contributed by atoms with Crippen LogP contribution in [0.5, 0.6) is 0 Å². The number of nitrogens with zero attached hydrogens (tertiary/aromatic N) is 3. The molecule has 1 saturated carbocycles. The molecular formula is C13H14ClN3O. The maximum absolute atomic E-state index is 12.5. The molecule has 0 saturated heterocycles. The molecule has 0 atom stereocenters. The Balaban J connectivity index is 2.37. The van der Waals surface area contributed by atoms with Gasteiger partial charge in [-0.05, 0) is 32.8 Å². The Kier molecular flexibility index (Phi) is 3.27. The lowest BCUT2D eigenvalue weighted by Gasteiger charge is -2.33. The van der Waals surface area contributed by atoms with Crippen molar-refractivity contribution in [3.63, 3.8) is 0 Å². The molecule has 2 rings (SSSR count). The van der Waals surface area contributed by atoms with Crippen LogP contribution in [0.2, 0.25) is 5.02 Å². The second-order valence-electron chi connectivity index (χ2n) is 4.93. The Morgan fingerprint density at radius 2 is 2.28 bits per heavy atom. The molecule has 1 aromatic heterocycles. The number of hydrogen-bond acceptors (Lipinski definition) is 3. The number of carbonyl (C=O) groups excluding carboxylic acids is 1. The summed E-state index contributed by atoms with van der Waals surface area (Å²) in [6, 6.07) is 3.92. The van der Waals surface area contributed by atoms with Crippen molar-refractivity contribution in [1.82, 2.24) is 9.88 Å². The van der Waals surface area contributed by atoms with Gasteiger partial charge in [0.15, 0.2) is 0 Å². The highest BCUT2D eigenvalue weighted by molar-refractivity contribution is 6.33. The maximum atomic E-state index is 12.5. The number of carbonyl (C=O) groups is 1. The highest BCUT2D eigenvalue weighted by atomic mass is 35.5. The SMILES string of the molecule is CC(C)(C#N)N(C(=O)c1ccncc1Cl)C1CC1. The first-order valence-electron chi connectivity index (χ1n) is 5.82. The van der Waals surface area contributed by atoms with Gasteiger partial charge in [0.05, 0.1) is 16.7 Å². The number of rotatable bonds is 3. The summed E-state index contributed by atoms with van der Waals surface area (Å²) in [5, 5.41) is 9.54. The number of halogens is 1. The number of nitriles is 1. The lowest BCUT2D eigenvalue weighted by Crippen LogP contribution is -2.48. The van der Waals surface area contributed by atoms with Crippen LogP contribution >= 0.6 is 11.6 Å². The smallest absolute Gasteiger partial charge is 0.257 e. The molecule has 0 aromatic carbocycles. The van der Waals surface area contributed by atoms with Crippen LogP contribution in [0.1, 0.15) is 37.0 Å². The quantitative estimate of drug-likeness (QED) is 0.842. The fourth-order valence-corrected chi connectivity index (χ4v) is 2.14. The van der Waals surface area contributed by atoms with Gasteiger partial charge in [0, 0.05) is 18.4 Å². The molecule has 0 aliphatic heterocycles. The fraction of sp³-hybridized carbons (Fsp3) is 0.462. The zero-order valence-electron chi connectivity index (χ0n) is 10.4. The summed E-state index contributed by atoms with van der Waals surface area (Å²) in [4.78, 5) is 18.0. The molecule has 1 aromatic rings. The molecule has 94 valence electrons. The van der Waals surface area contributed by atoms with Gasteiger partial charge in [-0.15, -0.1) is 0 Å². The van der Waals surface area contributed by atoms with Crippen molar-refractivity contribution in [2.45, 2.75) is 38.3 Å². The summed E-state index contributed by atoms with van der Waals surface area (Å²) in [6.45, 7) is 3.50. The largest absolute Gasteiger partial charge is 0.317 e. The van der Waals surface area contributed by atoms with Gasteiger partial charge in [0.1, 0.15) is 5.54 Å². The molecule has 1 fully saturated rings. The van der Waals surface area contributed by atoms with E-state index in [4.69, 9.17) is 11.6 Å². The topological polar surface area (TPSA) is 57.0 Å². The lowest BCUT2D eigenvalue weighted by molar-refractivity contribution is 0.0615. The molecule has 0 N–H and O–H groups in total. The monoisotopic (exact) mass is 263 g/mol. The lowest BCUT2D eigenvalue weighted by atomic mass is 10.0. The molecule has 0 spiro atoms. The van der Waals surface area contributed by atoms with E-state index >= 15 is 0 Å². The van der Waals surface area contributed by atoms with Crippen LogP contribution in [0.15, 0.2) is 18.5 Å². The number of amides is 1. The Bertz CT molecular complexity index is 517. The number of aromatic nitrogens is 1. The van der Waals surface area contributed by atoms with Crippen LogP contribution in [0.3, 0.4) is 0 Å². The predicted octanol–water partition coefficient (Wildman–Crippen LogP) is 2.64. The van der Waals surface area contributed by atoms with Gasteiger partial charge in [-0.25, -0.2) is 0 Å². The standard InChI is InChI=1S/C13H14ClN3O/c1-13(2,8-15)17(9-3-4-9)12(18)10-5-6-16-7-11(10)14/h5-7,9H,3-4H2,1-2H3. The summed E-state index contributed by atoms with van der Waals surface area (Å²) < 4.78 is 0. The molecule has 18 heavy (non-hydrogen) atoms. The number of pyridine rings is 1. The van der Waals surface area contributed by atoms with Crippen molar-refractivity contribution in [2.24, 2.45) is 0 Å². The van der Waals surface area contributed by atoms with E-state index in [0.29, 0.717) is 10.6 Å². The summed E-state index contributed by atoms with van der Waals surface area (Å²) in [7, 11) is 0. The summed E-state index contributed by atoms with van der Waals surface area (Å²) in [6.07, 6.45) is 4.86. The van der Waals surface area contributed by atoms with Crippen molar-refractivity contribution < 1.29 is 4.79 Å². The summed E-state index contributed by atoms with van der Waals surface area (Å²) in [5.74, 6) is -0.198. The molecule has 1 aliphatic rings. The fourth-order valence-electron chi connectivity index (χ4n) is 1.94. The minimum Gasteiger partial charge on any atom is -0.317 e. The third kappa shape index (κ3) is 2.32. The molecule has 1 aliphatic carbocycles. The van der Waals surface area contributed by atoms with Crippen LogP contribution in [-0.4, -0.2) is 27.4 Å². The molecule has 5 heteroatoms. The third-order valence-corrected chi connectivity index (χ3v) is 3.31. The van der Waals surface area contributed by atoms with Gasteiger partial charge in [-0.3, -0.25) is 9.78 Å². The Hall–Kier alpha value is -1.60. The van der Waals surface area contributed by atoms with E-state index in [-0.39, 0.29) is 11.9 Å². The first-order chi connectivity index (χ1) is 8.47. The highest BCUT2D eigenvalue weighted by Crippen LogP contribution is 2.34. The minimum absolute atomic E-state index is 0.149. The van der Waals surface area contributed by atoms with Crippen LogP contribution in [0.25, 0.3) is 0 Å². The predicted molar refractivity (Wildman–Crippen MR) is 68.1 cm³/mol. The first kappa shape index (κ1) is 12.8. The Morgan fingerprint density at radius 1 is 1.61 bits per heavy atom. The average molecular weight is 264 g/mol. The van der Waals surface area contributed by atoms with Crippen molar-refractivity contribution in [3.8, 4) is 6.07 Å². The van der Waals surface area contributed by atoms with Gasteiger partial charge in [-0.1, -0.05) is 11.6 Å². The van der Waals surface area contributed by atoms with Crippen molar-refractivity contribution >= 4 is 17.5 Å². The molecular weight excluding hydrogens is 250 g/mol. The highest BCUT2D eigenvalue weighted by Gasteiger charge is 2.42. The normalized spacial score (nSPS) is 15.0. The second-order valence-corrected chi connectivity index (χ2v) is 5.34. The molecule has 0 unspecified atom stereocenters. The van der Waals surface area contributed by atoms with Crippen molar-refractivity contribution in [2.75, 3.05) is 0 Å². The summed E-state index contributed by atoms with van der Waals surface area (Å²) >= 11 is 5.99. The Morgan fingerprint density at radius 3 is 2.78 bits per heavy atom. The van der Waals surface area contributed by atoms with Gasteiger partial charge < -0.3 is 4.90 Å². The van der Waals surface area contributed by atoms with E-state index in [1.807, 2.05) is 0 Å². The molecule has 0 radical (unpaired) electrons. The van der Waals surface area contributed by atoms with E-state index in [2.05, 4.69) is 11.1 Å². The molecule has 0 bridgehead atoms.